The summed E-state index contributed by atoms with van der Waals surface area (Å²) < 4.78 is 2.42. The number of anilines is 1. The molecule has 2 aromatic heterocycles. The standard InChI is InChI=1S/C11H14BrN5/c1-6(2)11-14-7(3)4-9(15-11)17-5-8(12)10(13)16-17/h4-6H,1-3H3,(H2,13,16). The van der Waals surface area contributed by atoms with E-state index in [1.54, 1.807) is 10.9 Å². The highest BCUT2D eigenvalue weighted by molar-refractivity contribution is 9.10. The summed E-state index contributed by atoms with van der Waals surface area (Å²) in [7, 11) is 0. The minimum absolute atomic E-state index is 0.282. The van der Waals surface area contributed by atoms with Gasteiger partial charge in [0.25, 0.3) is 0 Å². The van der Waals surface area contributed by atoms with Crippen LogP contribution in [0, 0.1) is 6.92 Å². The summed E-state index contributed by atoms with van der Waals surface area (Å²) >= 11 is 3.33. The molecular weight excluding hydrogens is 282 g/mol. The second-order valence-electron chi connectivity index (χ2n) is 4.19. The van der Waals surface area contributed by atoms with Gasteiger partial charge in [-0.15, -0.1) is 5.10 Å². The van der Waals surface area contributed by atoms with Crippen LogP contribution in [-0.2, 0) is 0 Å². The molecule has 0 atom stereocenters. The van der Waals surface area contributed by atoms with Gasteiger partial charge in [-0.25, -0.2) is 14.6 Å². The van der Waals surface area contributed by atoms with Gasteiger partial charge in [0.1, 0.15) is 5.82 Å². The molecule has 0 aromatic carbocycles. The fraction of sp³-hybridized carbons (Fsp3) is 0.364. The van der Waals surface area contributed by atoms with E-state index < -0.39 is 0 Å². The van der Waals surface area contributed by atoms with Crippen molar-refractivity contribution in [1.82, 2.24) is 19.7 Å². The molecule has 0 amide bonds. The average molecular weight is 296 g/mol. The van der Waals surface area contributed by atoms with Crippen molar-refractivity contribution >= 4 is 21.7 Å². The fourth-order valence-corrected chi connectivity index (χ4v) is 1.71. The number of hydrogen-bond donors (Lipinski definition) is 1. The summed E-state index contributed by atoms with van der Waals surface area (Å²) in [4.78, 5) is 8.86. The van der Waals surface area contributed by atoms with Gasteiger partial charge < -0.3 is 5.73 Å². The van der Waals surface area contributed by atoms with Crippen LogP contribution in [0.15, 0.2) is 16.7 Å². The van der Waals surface area contributed by atoms with Gasteiger partial charge in [-0.3, -0.25) is 0 Å². The monoisotopic (exact) mass is 295 g/mol. The molecule has 0 saturated carbocycles. The number of rotatable bonds is 2. The summed E-state index contributed by atoms with van der Waals surface area (Å²) in [6, 6.07) is 1.88. The molecule has 0 unspecified atom stereocenters. The quantitative estimate of drug-likeness (QED) is 0.924. The highest BCUT2D eigenvalue weighted by Gasteiger charge is 2.10. The van der Waals surface area contributed by atoms with E-state index in [1.807, 2.05) is 13.0 Å². The van der Waals surface area contributed by atoms with Crippen LogP contribution in [0.2, 0.25) is 0 Å². The molecule has 0 aliphatic rings. The minimum atomic E-state index is 0.282. The molecule has 90 valence electrons. The van der Waals surface area contributed by atoms with Gasteiger partial charge in [0.15, 0.2) is 11.6 Å². The van der Waals surface area contributed by atoms with Crippen molar-refractivity contribution in [3.05, 3.63) is 28.3 Å². The predicted octanol–water partition coefficient (Wildman–Crippen LogP) is 2.44. The highest BCUT2D eigenvalue weighted by Crippen LogP contribution is 2.20. The fourth-order valence-electron chi connectivity index (χ4n) is 1.43. The van der Waals surface area contributed by atoms with Crippen molar-refractivity contribution in [2.24, 2.45) is 0 Å². The largest absolute Gasteiger partial charge is 0.381 e. The van der Waals surface area contributed by atoms with Crippen LogP contribution in [0.3, 0.4) is 0 Å². The Kier molecular flexibility index (Phi) is 3.15. The topological polar surface area (TPSA) is 69.6 Å². The Bertz CT molecular complexity index is 527. The number of nitrogen functional groups attached to an aromatic ring is 1. The molecule has 2 N–H and O–H groups in total. The smallest absolute Gasteiger partial charge is 0.160 e. The van der Waals surface area contributed by atoms with E-state index in [0.717, 1.165) is 21.8 Å². The molecular formula is C11H14BrN5. The molecule has 5 nitrogen and oxygen atoms in total. The second-order valence-corrected chi connectivity index (χ2v) is 5.04. The van der Waals surface area contributed by atoms with Gasteiger partial charge >= 0.3 is 0 Å². The predicted molar refractivity (Wildman–Crippen MR) is 70.1 cm³/mol. The Hall–Kier alpha value is -1.43. The van der Waals surface area contributed by atoms with Gasteiger partial charge in [-0.2, -0.15) is 0 Å². The van der Waals surface area contributed by atoms with Gasteiger partial charge in [-0.05, 0) is 22.9 Å². The van der Waals surface area contributed by atoms with Crippen molar-refractivity contribution in [3.8, 4) is 5.82 Å². The van der Waals surface area contributed by atoms with Crippen LogP contribution in [0.1, 0.15) is 31.3 Å². The molecule has 6 heteroatoms. The molecule has 0 aliphatic carbocycles. The van der Waals surface area contributed by atoms with E-state index in [4.69, 9.17) is 5.73 Å². The summed E-state index contributed by atoms with van der Waals surface area (Å²) in [5.74, 6) is 2.28. The van der Waals surface area contributed by atoms with E-state index in [0.29, 0.717) is 5.82 Å². The van der Waals surface area contributed by atoms with E-state index in [2.05, 4.69) is 44.8 Å². The lowest BCUT2D eigenvalue weighted by Gasteiger charge is -2.07. The van der Waals surface area contributed by atoms with Crippen molar-refractivity contribution in [2.45, 2.75) is 26.7 Å². The van der Waals surface area contributed by atoms with Crippen LogP contribution in [0.4, 0.5) is 5.82 Å². The SMILES string of the molecule is Cc1cc(-n2cc(Br)c(N)n2)nc(C(C)C)n1. The lowest BCUT2D eigenvalue weighted by Crippen LogP contribution is -2.06. The minimum Gasteiger partial charge on any atom is -0.381 e. The normalized spacial score (nSPS) is 11.1. The zero-order valence-corrected chi connectivity index (χ0v) is 11.6. The first-order chi connectivity index (χ1) is 7.97. The van der Waals surface area contributed by atoms with Gasteiger partial charge in [0.2, 0.25) is 0 Å². The molecule has 2 rings (SSSR count). The van der Waals surface area contributed by atoms with E-state index in [1.165, 1.54) is 0 Å². The number of hydrogen-bond acceptors (Lipinski definition) is 4. The third-order valence-corrected chi connectivity index (χ3v) is 2.92. The number of halogens is 1. The maximum Gasteiger partial charge on any atom is 0.160 e. The van der Waals surface area contributed by atoms with Crippen LogP contribution in [0.25, 0.3) is 5.82 Å². The number of nitrogens with two attached hydrogens (primary N) is 1. The first-order valence-corrected chi connectivity index (χ1v) is 6.13. The maximum absolute atomic E-state index is 5.69. The van der Waals surface area contributed by atoms with Gasteiger partial charge in [0, 0.05) is 23.9 Å². The van der Waals surface area contributed by atoms with Crippen LogP contribution in [0.5, 0.6) is 0 Å². The Labute approximate surface area is 108 Å². The van der Waals surface area contributed by atoms with E-state index in [-0.39, 0.29) is 5.92 Å². The summed E-state index contributed by atoms with van der Waals surface area (Å²) in [6.07, 6.45) is 1.79. The molecule has 0 saturated heterocycles. The summed E-state index contributed by atoms with van der Waals surface area (Å²) in [5.41, 5.74) is 6.61. The first kappa shape index (κ1) is 12.0. The van der Waals surface area contributed by atoms with Gasteiger partial charge in [-0.1, -0.05) is 13.8 Å². The molecule has 0 aliphatic heterocycles. The number of aromatic nitrogens is 4. The molecule has 0 fully saturated rings. The Morgan fingerprint density at radius 3 is 2.59 bits per heavy atom. The molecule has 2 aromatic rings. The Morgan fingerprint density at radius 1 is 1.35 bits per heavy atom. The molecule has 0 spiro atoms. The number of aryl methyl sites for hydroxylation is 1. The van der Waals surface area contributed by atoms with Crippen molar-refractivity contribution in [1.29, 1.82) is 0 Å². The molecule has 0 radical (unpaired) electrons. The molecule has 0 bridgehead atoms. The van der Waals surface area contributed by atoms with Crippen LogP contribution >= 0.6 is 15.9 Å². The lowest BCUT2D eigenvalue weighted by atomic mass is 10.2. The maximum atomic E-state index is 5.69. The Morgan fingerprint density at radius 2 is 2.06 bits per heavy atom. The highest BCUT2D eigenvalue weighted by atomic mass is 79.9. The third-order valence-electron chi connectivity index (χ3n) is 2.30. The molecule has 2 heterocycles. The van der Waals surface area contributed by atoms with E-state index in [9.17, 15) is 0 Å². The van der Waals surface area contributed by atoms with Crippen molar-refractivity contribution in [2.75, 3.05) is 5.73 Å². The number of nitrogens with zero attached hydrogens (tertiary/aromatic N) is 4. The lowest BCUT2D eigenvalue weighted by molar-refractivity contribution is 0.739. The van der Waals surface area contributed by atoms with Crippen molar-refractivity contribution in [3.63, 3.8) is 0 Å². The van der Waals surface area contributed by atoms with Gasteiger partial charge in [0.05, 0.1) is 4.47 Å². The second kappa shape index (κ2) is 4.44. The van der Waals surface area contributed by atoms with E-state index >= 15 is 0 Å². The third kappa shape index (κ3) is 2.46. The summed E-state index contributed by atoms with van der Waals surface area (Å²) in [5, 5.41) is 4.18. The zero-order valence-electron chi connectivity index (χ0n) is 9.98. The zero-order chi connectivity index (χ0) is 12.6. The van der Waals surface area contributed by atoms with Crippen LogP contribution < -0.4 is 5.73 Å². The molecule has 17 heavy (non-hydrogen) atoms. The van der Waals surface area contributed by atoms with Crippen LogP contribution in [-0.4, -0.2) is 19.7 Å². The summed E-state index contributed by atoms with van der Waals surface area (Å²) in [6.45, 7) is 6.07. The first-order valence-electron chi connectivity index (χ1n) is 5.34. The Balaban J connectivity index is 2.51. The average Bonchev–Trinajstić information content (AvgIpc) is 2.58. The van der Waals surface area contributed by atoms with Crippen molar-refractivity contribution < 1.29 is 0 Å².